The lowest BCUT2D eigenvalue weighted by atomic mass is 10.1. The average molecular weight is 317 g/mol. The highest BCUT2D eigenvalue weighted by molar-refractivity contribution is 5.74. The van der Waals surface area contributed by atoms with Gasteiger partial charge in [0.25, 0.3) is 0 Å². The van der Waals surface area contributed by atoms with Crippen molar-refractivity contribution in [1.29, 1.82) is 0 Å². The number of aromatic nitrogens is 3. The Bertz CT molecular complexity index is 635. The third kappa shape index (κ3) is 3.72. The zero-order valence-corrected chi connectivity index (χ0v) is 13.6. The molecule has 0 unspecified atom stereocenters. The van der Waals surface area contributed by atoms with Gasteiger partial charge in [-0.3, -0.25) is 4.68 Å². The lowest BCUT2D eigenvalue weighted by Crippen LogP contribution is -2.44. The molecule has 1 aliphatic rings. The minimum Gasteiger partial charge on any atom is -0.359 e. The van der Waals surface area contributed by atoms with Crippen molar-refractivity contribution in [3.8, 4) is 0 Å². The van der Waals surface area contributed by atoms with Crippen molar-refractivity contribution in [3.05, 3.63) is 36.0 Å². The maximum Gasteiger partial charge on any atom is 0.318 e. The molecule has 0 spiro atoms. The maximum absolute atomic E-state index is 12.4. The highest BCUT2D eigenvalue weighted by atomic mass is 16.5. The van der Waals surface area contributed by atoms with Crippen molar-refractivity contribution in [1.82, 2.24) is 25.2 Å². The predicted octanol–water partition coefficient (Wildman–Crippen LogP) is 2.37. The molecule has 7 heteroatoms. The molecule has 7 nitrogen and oxygen atoms in total. The number of urea groups is 1. The Morgan fingerprint density at radius 3 is 3.09 bits per heavy atom. The van der Waals surface area contributed by atoms with E-state index in [-0.39, 0.29) is 12.1 Å². The van der Waals surface area contributed by atoms with E-state index in [0.717, 1.165) is 31.6 Å². The summed E-state index contributed by atoms with van der Waals surface area (Å²) < 4.78 is 7.13. The summed E-state index contributed by atoms with van der Waals surface area (Å²) in [6.45, 7) is 6.00. The normalized spacial score (nSPS) is 17.9. The number of hydrogen-bond acceptors (Lipinski definition) is 4. The molecule has 0 aromatic carbocycles. The molecular weight excluding hydrogens is 294 g/mol. The van der Waals surface area contributed by atoms with E-state index in [1.165, 1.54) is 0 Å². The Morgan fingerprint density at radius 1 is 1.52 bits per heavy atom. The molecule has 1 atom stereocenters. The first-order valence-electron chi connectivity index (χ1n) is 8.11. The fraction of sp³-hybridized carbons (Fsp3) is 0.562. The van der Waals surface area contributed by atoms with Gasteiger partial charge in [0.2, 0.25) is 0 Å². The molecule has 0 saturated carbocycles. The van der Waals surface area contributed by atoms with E-state index in [1.54, 1.807) is 6.20 Å². The molecule has 0 aliphatic carbocycles. The van der Waals surface area contributed by atoms with Crippen molar-refractivity contribution in [3.63, 3.8) is 0 Å². The van der Waals surface area contributed by atoms with Crippen LogP contribution in [-0.2, 0) is 13.1 Å². The summed E-state index contributed by atoms with van der Waals surface area (Å²) >= 11 is 0. The Balaban J connectivity index is 1.54. The van der Waals surface area contributed by atoms with Crippen LogP contribution in [0.2, 0.25) is 0 Å². The molecule has 2 amide bonds. The molecule has 1 saturated heterocycles. The van der Waals surface area contributed by atoms with Crippen LogP contribution in [0.4, 0.5) is 4.79 Å². The van der Waals surface area contributed by atoms with Gasteiger partial charge in [0, 0.05) is 25.0 Å². The van der Waals surface area contributed by atoms with Crippen LogP contribution >= 0.6 is 0 Å². The molecule has 2 aromatic rings. The second-order valence-corrected chi connectivity index (χ2v) is 6.25. The van der Waals surface area contributed by atoms with E-state index in [4.69, 9.17) is 4.52 Å². The fourth-order valence-electron chi connectivity index (χ4n) is 2.87. The number of hydrogen-bond donors (Lipinski definition) is 1. The predicted molar refractivity (Wildman–Crippen MR) is 84.8 cm³/mol. The van der Waals surface area contributed by atoms with Gasteiger partial charge in [0.15, 0.2) is 5.76 Å². The van der Waals surface area contributed by atoms with E-state index in [0.29, 0.717) is 18.2 Å². The van der Waals surface area contributed by atoms with Crippen LogP contribution in [0.1, 0.15) is 44.1 Å². The summed E-state index contributed by atoms with van der Waals surface area (Å²) in [5, 5.41) is 11.2. The summed E-state index contributed by atoms with van der Waals surface area (Å²) in [6, 6.07) is 3.93. The van der Waals surface area contributed by atoms with Crippen LogP contribution in [-0.4, -0.2) is 38.5 Å². The number of carbonyl (C=O) groups excluding carboxylic acids is 1. The number of carbonyl (C=O) groups is 1. The Kier molecular flexibility index (Phi) is 4.64. The second-order valence-electron chi connectivity index (χ2n) is 6.25. The lowest BCUT2D eigenvalue weighted by Gasteiger charge is -2.24. The van der Waals surface area contributed by atoms with E-state index >= 15 is 0 Å². The van der Waals surface area contributed by atoms with Crippen molar-refractivity contribution in [2.24, 2.45) is 0 Å². The minimum atomic E-state index is -0.0536. The largest absolute Gasteiger partial charge is 0.359 e. The Hall–Kier alpha value is -2.31. The first-order chi connectivity index (χ1) is 11.1. The van der Waals surface area contributed by atoms with E-state index in [1.807, 2.05) is 27.9 Å². The highest BCUT2D eigenvalue weighted by Crippen LogP contribution is 2.19. The quantitative estimate of drug-likeness (QED) is 0.918. The summed E-state index contributed by atoms with van der Waals surface area (Å²) in [4.78, 5) is 14.3. The average Bonchev–Trinajstić information content (AvgIpc) is 3.27. The summed E-state index contributed by atoms with van der Waals surface area (Å²) in [5.41, 5.74) is 0.909. The number of nitrogens with one attached hydrogen (secondary N) is 1. The van der Waals surface area contributed by atoms with Gasteiger partial charge in [0.05, 0.1) is 24.8 Å². The monoisotopic (exact) mass is 317 g/mol. The van der Waals surface area contributed by atoms with E-state index in [2.05, 4.69) is 29.4 Å². The van der Waals surface area contributed by atoms with Gasteiger partial charge in [-0.25, -0.2) is 4.79 Å². The fourth-order valence-corrected chi connectivity index (χ4v) is 2.87. The number of nitrogens with zero attached hydrogens (tertiary/aromatic N) is 4. The number of amides is 2. The van der Waals surface area contributed by atoms with Gasteiger partial charge in [-0.15, -0.1) is 0 Å². The third-order valence-corrected chi connectivity index (χ3v) is 4.18. The van der Waals surface area contributed by atoms with Crippen LogP contribution in [0, 0.1) is 0 Å². The molecule has 1 N–H and O–H groups in total. The highest BCUT2D eigenvalue weighted by Gasteiger charge is 2.29. The summed E-state index contributed by atoms with van der Waals surface area (Å²) in [7, 11) is 0. The van der Waals surface area contributed by atoms with Crippen molar-refractivity contribution >= 4 is 6.03 Å². The van der Waals surface area contributed by atoms with Crippen molar-refractivity contribution in [2.45, 2.75) is 51.7 Å². The topological polar surface area (TPSA) is 76.2 Å². The van der Waals surface area contributed by atoms with Crippen LogP contribution in [0.5, 0.6) is 0 Å². The number of likely N-dealkylation sites (tertiary alicyclic amines) is 1. The molecular formula is C16H23N5O2. The van der Waals surface area contributed by atoms with Crippen LogP contribution in [0.15, 0.2) is 29.0 Å². The van der Waals surface area contributed by atoms with Gasteiger partial charge >= 0.3 is 6.03 Å². The molecule has 23 heavy (non-hydrogen) atoms. The zero-order valence-electron chi connectivity index (χ0n) is 13.6. The van der Waals surface area contributed by atoms with Gasteiger partial charge in [-0.2, -0.15) is 5.10 Å². The van der Waals surface area contributed by atoms with Gasteiger partial charge in [0.1, 0.15) is 0 Å². The first kappa shape index (κ1) is 15.6. The number of rotatable bonds is 5. The lowest BCUT2D eigenvalue weighted by molar-refractivity contribution is 0.184. The molecule has 2 aromatic heterocycles. The van der Waals surface area contributed by atoms with Crippen LogP contribution < -0.4 is 5.32 Å². The molecule has 1 fully saturated rings. The van der Waals surface area contributed by atoms with Crippen molar-refractivity contribution in [2.75, 3.05) is 6.54 Å². The first-order valence-corrected chi connectivity index (χ1v) is 8.11. The summed E-state index contributed by atoms with van der Waals surface area (Å²) in [5.74, 6) is 1.00. The van der Waals surface area contributed by atoms with Gasteiger partial charge in [-0.1, -0.05) is 19.0 Å². The minimum absolute atomic E-state index is 0.0536. The Morgan fingerprint density at radius 2 is 2.39 bits per heavy atom. The molecule has 1 aliphatic heterocycles. The molecule has 3 heterocycles. The standard InChI is InChI=1S/C16H23N5O2/c1-12(2)15-9-14(23-19-15)10-17-16(22)21-8-3-5-13(21)11-20-7-4-6-18-20/h4,6-7,9,12-13H,3,5,8,10-11H2,1-2H3,(H,17,22)/t13-/m0/s1. The summed E-state index contributed by atoms with van der Waals surface area (Å²) in [6.07, 6.45) is 5.72. The maximum atomic E-state index is 12.4. The zero-order chi connectivity index (χ0) is 16.2. The van der Waals surface area contributed by atoms with Gasteiger partial charge < -0.3 is 14.7 Å². The molecule has 0 radical (unpaired) electrons. The van der Waals surface area contributed by atoms with Crippen LogP contribution in [0.25, 0.3) is 0 Å². The van der Waals surface area contributed by atoms with Crippen LogP contribution in [0.3, 0.4) is 0 Å². The molecule has 124 valence electrons. The van der Waals surface area contributed by atoms with Crippen molar-refractivity contribution < 1.29 is 9.32 Å². The third-order valence-electron chi connectivity index (χ3n) is 4.18. The van der Waals surface area contributed by atoms with Gasteiger partial charge in [-0.05, 0) is 24.8 Å². The molecule has 0 bridgehead atoms. The molecule has 3 rings (SSSR count). The SMILES string of the molecule is CC(C)c1cc(CNC(=O)N2CCC[C@H]2Cn2cccn2)on1. The smallest absolute Gasteiger partial charge is 0.318 e. The van der Waals surface area contributed by atoms with E-state index < -0.39 is 0 Å². The van der Waals surface area contributed by atoms with E-state index in [9.17, 15) is 4.79 Å². The second kappa shape index (κ2) is 6.85. The Labute approximate surface area is 135 Å².